The molecule has 0 fully saturated rings. The Balaban J connectivity index is 2.30. The van der Waals surface area contributed by atoms with Gasteiger partial charge in [0.2, 0.25) is 0 Å². The van der Waals surface area contributed by atoms with E-state index in [-0.39, 0.29) is 13.2 Å². The van der Waals surface area contributed by atoms with Crippen LogP contribution < -0.4 is 9.47 Å². The molecular weight excluding hydrogens is 408 g/mol. The van der Waals surface area contributed by atoms with Crippen LogP contribution in [0.3, 0.4) is 0 Å². The Morgan fingerprint density at radius 2 is 1.16 bits per heavy atom. The molecular formula is C26H26O6. The lowest BCUT2D eigenvalue weighted by Crippen LogP contribution is -2.13. The van der Waals surface area contributed by atoms with E-state index in [1.54, 1.807) is 12.1 Å². The fraction of sp³-hybridized carbons (Fsp3) is 0.231. The first kappa shape index (κ1) is 22.9. The van der Waals surface area contributed by atoms with E-state index in [1.807, 2.05) is 24.3 Å². The van der Waals surface area contributed by atoms with Crippen molar-refractivity contribution in [1.82, 2.24) is 0 Å². The number of rotatable bonds is 8. The molecule has 6 nitrogen and oxygen atoms in total. The van der Waals surface area contributed by atoms with Gasteiger partial charge < -0.3 is 18.9 Å². The van der Waals surface area contributed by atoms with Crippen molar-refractivity contribution in [3.05, 3.63) is 72.8 Å². The summed E-state index contributed by atoms with van der Waals surface area (Å²) in [7, 11) is 0. The smallest absolute Gasteiger partial charge is 0.430 e. The van der Waals surface area contributed by atoms with Crippen molar-refractivity contribution < 1.29 is 28.5 Å². The van der Waals surface area contributed by atoms with Gasteiger partial charge in [0.15, 0.2) is 0 Å². The molecule has 0 aliphatic rings. The van der Waals surface area contributed by atoms with E-state index < -0.39 is 12.3 Å². The van der Waals surface area contributed by atoms with Crippen LogP contribution in [0.4, 0.5) is 9.59 Å². The van der Waals surface area contributed by atoms with Crippen molar-refractivity contribution in [2.24, 2.45) is 0 Å². The number of carbonyl (C=O) groups is 2. The summed E-state index contributed by atoms with van der Waals surface area (Å²) >= 11 is 0. The van der Waals surface area contributed by atoms with Gasteiger partial charge in [-0.2, -0.15) is 0 Å². The van der Waals surface area contributed by atoms with Gasteiger partial charge in [-0.25, -0.2) is 9.59 Å². The van der Waals surface area contributed by atoms with Crippen LogP contribution in [0.25, 0.3) is 21.5 Å². The van der Waals surface area contributed by atoms with Gasteiger partial charge in [-0.3, -0.25) is 0 Å². The van der Waals surface area contributed by atoms with Gasteiger partial charge >= 0.3 is 12.3 Å². The number of carbonyl (C=O) groups excluding carboxylic acids is 2. The molecule has 6 heteroatoms. The van der Waals surface area contributed by atoms with Crippen LogP contribution in [0.5, 0.6) is 11.5 Å². The standard InChI is InChI=1S/C26H26O6/c1-5-13-29-25(27)31-23-19-11-9-10-12-20(19)24(32-26(28)30-14-6-2)22-16-18(8-4)17(7-3)15-21(22)23/h5-6,9-12,15-16H,1-2,7-8,13-14H2,3-4H3. The summed E-state index contributed by atoms with van der Waals surface area (Å²) in [4.78, 5) is 24.6. The molecule has 3 rings (SSSR count). The number of hydrogen-bond donors (Lipinski definition) is 0. The lowest BCUT2D eigenvalue weighted by Gasteiger charge is -2.18. The third kappa shape index (κ3) is 4.75. The molecule has 166 valence electrons. The van der Waals surface area contributed by atoms with E-state index in [4.69, 9.17) is 18.9 Å². The maximum atomic E-state index is 12.3. The number of aryl methyl sites for hydroxylation is 2. The molecule has 0 spiro atoms. The van der Waals surface area contributed by atoms with Crippen LogP contribution in [0.15, 0.2) is 61.7 Å². The minimum absolute atomic E-state index is 0.0330. The minimum atomic E-state index is -0.840. The largest absolute Gasteiger partial charge is 0.514 e. The third-order valence-corrected chi connectivity index (χ3v) is 5.02. The van der Waals surface area contributed by atoms with Gasteiger partial charge in [0.25, 0.3) is 0 Å². The summed E-state index contributed by atoms with van der Waals surface area (Å²) in [5, 5.41) is 2.49. The molecule has 0 radical (unpaired) electrons. The molecule has 0 aliphatic heterocycles. The Hall–Kier alpha value is -3.80. The van der Waals surface area contributed by atoms with Gasteiger partial charge in [-0.15, -0.1) is 0 Å². The summed E-state index contributed by atoms with van der Waals surface area (Å²) in [6.45, 7) is 11.3. The quantitative estimate of drug-likeness (QED) is 0.174. The average Bonchev–Trinajstić information content (AvgIpc) is 2.82. The van der Waals surface area contributed by atoms with E-state index in [2.05, 4.69) is 27.0 Å². The number of benzene rings is 3. The van der Waals surface area contributed by atoms with Crippen LogP contribution in [-0.2, 0) is 22.3 Å². The molecule has 0 atom stereocenters. The molecule has 0 saturated heterocycles. The highest BCUT2D eigenvalue weighted by atomic mass is 16.7. The summed E-state index contributed by atoms with van der Waals surface area (Å²) in [5.74, 6) is 0.683. The second-order valence-corrected chi connectivity index (χ2v) is 6.98. The van der Waals surface area contributed by atoms with Crippen LogP contribution in [0.1, 0.15) is 25.0 Å². The lowest BCUT2D eigenvalue weighted by atomic mass is 9.94. The molecule has 0 saturated carbocycles. The first-order chi connectivity index (χ1) is 15.5. The van der Waals surface area contributed by atoms with Crippen molar-refractivity contribution in [1.29, 1.82) is 0 Å². The fourth-order valence-corrected chi connectivity index (χ4v) is 3.59. The lowest BCUT2D eigenvalue weighted by molar-refractivity contribution is 0.109. The summed E-state index contributed by atoms with van der Waals surface area (Å²) in [6, 6.07) is 11.2. The monoisotopic (exact) mass is 434 g/mol. The second-order valence-electron chi connectivity index (χ2n) is 6.98. The van der Waals surface area contributed by atoms with Gasteiger partial charge in [0.05, 0.1) is 0 Å². The highest BCUT2D eigenvalue weighted by Crippen LogP contribution is 2.44. The number of hydrogen-bond acceptors (Lipinski definition) is 6. The molecule has 0 aliphatic carbocycles. The molecule has 0 bridgehead atoms. The van der Waals surface area contributed by atoms with Gasteiger partial charge in [-0.1, -0.05) is 63.4 Å². The molecule has 0 N–H and O–H groups in total. The van der Waals surface area contributed by atoms with Crippen LogP contribution in [-0.4, -0.2) is 25.5 Å². The van der Waals surface area contributed by atoms with Crippen LogP contribution >= 0.6 is 0 Å². The first-order valence-corrected chi connectivity index (χ1v) is 10.4. The maximum Gasteiger partial charge on any atom is 0.514 e. The summed E-state index contributed by atoms with van der Waals surface area (Å²) in [5.41, 5.74) is 2.22. The Labute approximate surface area is 187 Å². The van der Waals surface area contributed by atoms with E-state index in [0.717, 1.165) is 24.0 Å². The maximum absolute atomic E-state index is 12.3. The van der Waals surface area contributed by atoms with Crippen molar-refractivity contribution in [3.8, 4) is 11.5 Å². The van der Waals surface area contributed by atoms with Crippen molar-refractivity contribution in [2.45, 2.75) is 26.7 Å². The van der Waals surface area contributed by atoms with Crippen molar-refractivity contribution in [2.75, 3.05) is 13.2 Å². The summed E-state index contributed by atoms with van der Waals surface area (Å²) < 4.78 is 21.4. The van der Waals surface area contributed by atoms with Crippen molar-refractivity contribution in [3.63, 3.8) is 0 Å². The zero-order chi connectivity index (χ0) is 23.1. The second kappa shape index (κ2) is 10.5. The average molecular weight is 434 g/mol. The normalized spacial score (nSPS) is 10.6. The Morgan fingerprint density at radius 1 is 0.750 bits per heavy atom. The molecule has 3 aromatic rings. The molecule has 0 aromatic heterocycles. The van der Waals surface area contributed by atoms with Gasteiger partial charge in [-0.05, 0) is 36.1 Å². The van der Waals surface area contributed by atoms with E-state index in [1.165, 1.54) is 12.2 Å². The van der Waals surface area contributed by atoms with E-state index in [0.29, 0.717) is 33.0 Å². The first-order valence-electron chi connectivity index (χ1n) is 10.4. The van der Waals surface area contributed by atoms with E-state index >= 15 is 0 Å². The Kier molecular flexibility index (Phi) is 7.49. The van der Waals surface area contributed by atoms with E-state index in [9.17, 15) is 9.59 Å². The molecule has 3 aromatic carbocycles. The summed E-state index contributed by atoms with van der Waals surface area (Å²) in [6.07, 6.45) is 2.84. The van der Waals surface area contributed by atoms with Gasteiger partial charge in [0, 0.05) is 21.5 Å². The highest BCUT2D eigenvalue weighted by Gasteiger charge is 2.22. The number of ether oxygens (including phenoxy) is 4. The molecule has 32 heavy (non-hydrogen) atoms. The predicted molar refractivity (Wildman–Crippen MR) is 125 cm³/mol. The number of fused-ring (bicyclic) bond motifs is 2. The van der Waals surface area contributed by atoms with Crippen LogP contribution in [0, 0.1) is 0 Å². The SMILES string of the molecule is C=CCOC(=O)Oc1c2ccccc2c(OC(=O)OCC=C)c2cc(CC)c(CC)cc12. The molecule has 0 unspecified atom stereocenters. The van der Waals surface area contributed by atoms with Crippen LogP contribution in [0.2, 0.25) is 0 Å². The molecule has 0 heterocycles. The Bertz CT molecular complexity index is 1090. The zero-order valence-electron chi connectivity index (χ0n) is 18.3. The minimum Gasteiger partial charge on any atom is -0.430 e. The zero-order valence-corrected chi connectivity index (χ0v) is 18.3. The van der Waals surface area contributed by atoms with Crippen molar-refractivity contribution >= 4 is 33.9 Å². The topological polar surface area (TPSA) is 71.1 Å². The predicted octanol–water partition coefficient (Wildman–Crippen LogP) is 6.52. The van der Waals surface area contributed by atoms with Gasteiger partial charge in [0.1, 0.15) is 24.7 Å². The Morgan fingerprint density at radius 3 is 1.50 bits per heavy atom. The molecule has 0 amide bonds. The third-order valence-electron chi connectivity index (χ3n) is 5.02. The highest BCUT2D eigenvalue weighted by molar-refractivity contribution is 6.12. The fourth-order valence-electron chi connectivity index (χ4n) is 3.59.